The monoisotopic (exact) mass is 383 g/mol. The van der Waals surface area contributed by atoms with Crippen molar-refractivity contribution < 1.29 is 0 Å². The second-order valence-corrected chi connectivity index (χ2v) is 7.38. The third-order valence-corrected chi connectivity index (χ3v) is 5.01. The van der Waals surface area contributed by atoms with Gasteiger partial charge in [-0.05, 0) is 61.9 Å². The van der Waals surface area contributed by atoms with Gasteiger partial charge in [0.25, 0.3) is 0 Å². The Labute approximate surface area is 144 Å². The van der Waals surface area contributed by atoms with Crippen LogP contribution >= 0.6 is 39.3 Å². The minimum absolute atomic E-state index is 0.341. The molecule has 1 nitrogen and oxygen atoms in total. The Bertz CT molecular complexity index is 586. The molecule has 0 aliphatic carbocycles. The van der Waals surface area contributed by atoms with E-state index in [1.165, 1.54) is 15.4 Å². The topological polar surface area (TPSA) is 12.0 Å². The number of rotatable bonds is 6. The molecule has 2 aromatic rings. The summed E-state index contributed by atoms with van der Waals surface area (Å²) in [5, 5.41) is 4.32. The lowest BCUT2D eigenvalue weighted by Gasteiger charge is -2.18. The quantitative estimate of drug-likeness (QED) is 0.626. The molecule has 4 heteroatoms. The molecule has 0 radical (unpaired) electrons. The van der Waals surface area contributed by atoms with Crippen LogP contribution in [0.1, 0.15) is 31.9 Å². The van der Waals surface area contributed by atoms with Crippen molar-refractivity contribution in [2.75, 3.05) is 6.54 Å². The fraction of sp³-hybridized carbons (Fsp3) is 0.294. The molecule has 0 amide bonds. The van der Waals surface area contributed by atoms with Crippen LogP contribution in [-0.2, 0) is 0 Å². The summed E-state index contributed by atoms with van der Waals surface area (Å²) in [5.41, 5.74) is 1.33. The summed E-state index contributed by atoms with van der Waals surface area (Å²) in [5.74, 6) is 0. The van der Waals surface area contributed by atoms with E-state index in [1.807, 2.05) is 12.1 Å². The molecule has 2 aromatic carbocycles. The highest BCUT2D eigenvalue weighted by Gasteiger charge is 2.11. The number of nitrogens with one attached hydrogen (secondary N) is 1. The third kappa shape index (κ3) is 5.03. The molecule has 2 rings (SSSR count). The van der Waals surface area contributed by atoms with Crippen molar-refractivity contribution in [2.45, 2.75) is 36.1 Å². The SMILES string of the molecule is CCCNC(C)c1ccc(Br)cc1Sc1ccc(Cl)cc1. The van der Waals surface area contributed by atoms with Gasteiger partial charge in [-0.3, -0.25) is 0 Å². The molecule has 1 N–H and O–H groups in total. The molecule has 0 spiro atoms. The second kappa shape index (κ2) is 8.23. The van der Waals surface area contributed by atoms with E-state index in [-0.39, 0.29) is 0 Å². The minimum Gasteiger partial charge on any atom is -0.310 e. The maximum Gasteiger partial charge on any atom is 0.0406 e. The normalized spacial score (nSPS) is 12.4. The van der Waals surface area contributed by atoms with Crippen LogP contribution in [-0.4, -0.2) is 6.54 Å². The fourth-order valence-corrected chi connectivity index (χ4v) is 3.77. The summed E-state index contributed by atoms with van der Waals surface area (Å²) in [6.45, 7) is 5.43. The molecule has 0 fully saturated rings. The van der Waals surface area contributed by atoms with Crippen molar-refractivity contribution in [3.05, 3.63) is 57.5 Å². The smallest absolute Gasteiger partial charge is 0.0406 e. The Morgan fingerprint density at radius 2 is 1.90 bits per heavy atom. The van der Waals surface area contributed by atoms with Crippen LogP contribution in [0.15, 0.2) is 56.7 Å². The van der Waals surface area contributed by atoms with Crippen LogP contribution in [0.4, 0.5) is 0 Å². The van der Waals surface area contributed by atoms with E-state index in [0.29, 0.717) is 6.04 Å². The van der Waals surface area contributed by atoms with Gasteiger partial charge in [0.1, 0.15) is 0 Å². The molecule has 1 unspecified atom stereocenters. The third-order valence-electron chi connectivity index (χ3n) is 3.18. The van der Waals surface area contributed by atoms with E-state index in [1.54, 1.807) is 11.8 Å². The van der Waals surface area contributed by atoms with Gasteiger partial charge >= 0.3 is 0 Å². The van der Waals surface area contributed by atoms with Gasteiger partial charge in [-0.25, -0.2) is 0 Å². The van der Waals surface area contributed by atoms with E-state index < -0.39 is 0 Å². The molecular weight excluding hydrogens is 366 g/mol. The molecule has 0 aliphatic rings. The highest BCUT2D eigenvalue weighted by atomic mass is 79.9. The molecule has 0 aliphatic heterocycles. The first kappa shape index (κ1) is 16.9. The molecular formula is C17H19BrClNS. The van der Waals surface area contributed by atoms with Gasteiger partial charge in [0.15, 0.2) is 0 Å². The van der Waals surface area contributed by atoms with Crippen LogP contribution in [0.2, 0.25) is 5.02 Å². The summed E-state index contributed by atoms with van der Waals surface area (Å²) in [6.07, 6.45) is 1.14. The van der Waals surface area contributed by atoms with E-state index in [4.69, 9.17) is 11.6 Å². The van der Waals surface area contributed by atoms with Gasteiger partial charge in [-0.2, -0.15) is 0 Å². The molecule has 0 saturated heterocycles. The molecule has 0 saturated carbocycles. The second-order valence-electron chi connectivity index (χ2n) is 4.91. The first-order valence-corrected chi connectivity index (χ1v) is 9.05. The van der Waals surface area contributed by atoms with E-state index in [2.05, 4.69) is 65.4 Å². The summed E-state index contributed by atoms with van der Waals surface area (Å²) in [4.78, 5) is 2.46. The van der Waals surface area contributed by atoms with Crippen LogP contribution < -0.4 is 5.32 Å². The van der Waals surface area contributed by atoms with E-state index in [9.17, 15) is 0 Å². The maximum atomic E-state index is 5.95. The van der Waals surface area contributed by atoms with E-state index in [0.717, 1.165) is 22.5 Å². The zero-order valence-electron chi connectivity index (χ0n) is 12.2. The Balaban J connectivity index is 2.24. The first-order valence-electron chi connectivity index (χ1n) is 7.06. The Morgan fingerprint density at radius 1 is 1.19 bits per heavy atom. The summed E-state index contributed by atoms with van der Waals surface area (Å²) in [7, 11) is 0. The highest BCUT2D eigenvalue weighted by molar-refractivity contribution is 9.10. The molecule has 0 heterocycles. The van der Waals surface area contributed by atoms with Crippen LogP contribution in [0.25, 0.3) is 0 Å². The minimum atomic E-state index is 0.341. The molecule has 112 valence electrons. The predicted octanol–water partition coefficient (Wildman–Crippen LogP) is 6.31. The number of hydrogen-bond acceptors (Lipinski definition) is 2. The molecule has 0 bridgehead atoms. The Kier molecular flexibility index (Phi) is 6.62. The highest BCUT2D eigenvalue weighted by Crippen LogP contribution is 2.35. The standard InChI is InChI=1S/C17H19BrClNS/c1-3-10-20-12(2)16-9-4-13(18)11-17(16)21-15-7-5-14(19)6-8-15/h4-9,11-12,20H,3,10H2,1-2H3. The Morgan fingerprint density at radius 3 is 2.57 bits per heavy atom. The Hall–Kier alpha value is -0.480. The predicted molar refractivity (Wildman–Crippen MR) is 96.4 cm³/mol. The molecule has 1 atom stereocenters. The fourth-order valence-electron chi connectivity index (χ4n) is 2.05. The van der Waals surface area contributed by atoms with Gasteiger partial charge in [0, 0.05) is 25.3 Å². The van der Waals surface area contributed by atoms with Crippen LogP contribution in [0.3, 0.4) is 0 Å². The van der Waals surface area contributed by atoms with Gasteiger partial charge < -0.3 is 5.32 Å². The van der Waals surface area contributed by atoms with Crippen molar-refractivity contribution in [1.82, 2.24) is 5.32 Å². The number of benzene rings is 2. The maximum absolute atomic E-state index is 5.95. The van der Waals surface area contributed by atoms with Gasteiger partial charge in [-0.15, -0.1) is 0 Å². The first-order chi connectivity index (χ1) is 10.1. The van der Waals surface area contributed by atoms with Crippen molar-refractivity contribution in [3.63, 3.8) is 0 Å². The van der Waals surface area contributed by atoms with Crippen molar-refractivity contribution in [2.24, 2.45) is 0 Å². The van der Waals surface area contributed by atoms with Crippen molar-refractivity contribution in [1.29, 1.82) is 0 Å². The van der Waals surface area contributed by atoms with Crippen LogP contribution in [0.5, 0.6) is 0 Å². The van der Waals surface area contributed by atoms with Crippen molar-refractivity contribution in [3.8, 4) is 0 Å². The number of halogens is 2. The lowest BCUT2D eigenvalue weighted by atomic mass is 10.1. The average Bonchev–Trinajstić information content (AvgIpc) is 2.47. The van der Waals surface area contributed by atoms with E-state index >= 15 is 0 Å². The molecule has 0 aromatic heterocycles. The molecule has 21 heavy (non-hydrogen) atoms. The summed E-state index contributed by atoms with van der Waals surface area (Å²) in [6, 6.07) is 14.8. The summed E-state index contributed by atoms with van der Waals surface area (Å²) < 4.78 is 1.10. The largest absolute Gasteiger partial charge is 0.310 e. The summed E-state index contributed by atoms with van der Waals surface area (Å²) >= 11 is 11.3. The van der Waals surface area contributed by atoms with Gasteiger partial charge in [0.05, 0.1) is 0 Å². The van der Waals surface area contributed by atoms with Gasteiger partial charge in [0.2, 0.25) is 0 Å². The number of hydrogen-bond donors (Lipinski definition) is 1. The van der Waals surface area contributed by atoms with Crippen LogP contribution in [0, 0.1) is 0 Å². The lowest BCUT2D eigenvalue weighted by Crippen LogP contribution is -2.19. The average molecular weight is 385 g/mol. The zero-order valence-corrected chi connectivity index (χ0v) is 15.4. The lowest BCUT2D eigenvalue weighted by molar-refractivity contribution is 0.563. The van der Waals surface area contributed by atoms with Crippen molar-refractivity contribution >= 4 is 39.3 Å². The zero-order chi connectivity index (χ0) is 15.2. The van der Waals surface area contributed by atoms with Gasteiger partial charge in [-0.1, -0.05) is 52.3 Å².